The van der Waals surface area contributed by atoms with Crippen LogP contribution in [-0.2, 0) is 4.74 Å². The van der Waals surface area contributed by atoms with Gasteiger partial charge in [-0.15, -0.1) is 0 Å². The predicted molar refractivity (Wildman–Crippen MR) is 54.2 cm³/mol. The zero-order valence-corrected chi connectivity index (χ0v) is 9.42. The van der Waals surface area contributed by atoms with Gasteiger partial charge < -0.3 is 9.84 Å². The molecule has 4 nitrogen and oxygen atoms in total. The quantitative estimate of drug-likeness (QED) is 0.601. The first kappa shape index (κ1) is 18.3. The average molecular weight is 192 g/mol. The third-order valence-electron chi connectivity index (χ3n) is 1.57. The smallest absolute Gasteiger partial charge is 0.0540 e. The maximum Gasteiger partial charge on any atom is 0.0540 e. The molecule has 0 aliphatic carbocycles. The van der Waals surface area contributed by atoms with Gasteiger partial charge in [-0.3, -0.25) is 0 Å². The first-order valence-corrected chi connectivity index (χ1v) is 4.54. The Kier molecular flexibility index (Phi) is 24.8. The van der Waals surface area contributed by atoms with Crippen molar-refractivity contribution in [3.05, 3.63) is 0 Å². The van der Waals surface area contributed by atoms with Crippen LogP contribution in [0.1, 0.15) is 40.5 Å². The van der Waals surface area contributed by atoms with E-state index in [0.717, 1.165) is 12.8 Å². The first-order chi connectivity index (χ1) is 6.08. The molecule has 0 aromatic rings. The van der Waals surface area contributed by atoms with E-state index < -0.39 is 0 Å². The van der Waals surface area contributed by atoms with Crippen molar-refractivity contribution in [1.29, 1.82) is 11.1 Å². The highest BCUT2D eigenvalue weighted by Crippen LogP contribution is 1.89. The Morgan fingerprint density at radius 3 is 1.46 bits per heavy atom. The molecule has 0 unspecified atom stereocenters. The SMILES string of the molecule is CC[C@@H](C)O.CC[C@@H](C)OC.N=N. The monoisotopic (exact) mass is 192 g/mol. The molecule has 2 atom stereocenters. The molecule has 0 saturated heterocycles. The van der Waals surface area contributed by atoms with Crippen molar-refractivity contribution in [3.63, 3.8) is 0 Å². The van der Waals surface area contributed by atoms with Crippen LogP contribution in [0.15, 0.2) is 0 Å². The van der Waals surface area contributed by atoms with Crippen molar-refractivity contribution < 1.29 is 9.84 Å². The van der Waals surface area contributed by atoms with Gasteiger partial charge in [-0.1, -0.05) is 13.8 Å². The van der Waals surface area contributed by atoms with Crippen LogP contribution in [0.25, 0.3) is 0 Å². The summed E-state index contributed by atoms with van der Waals surface area (Å²) in [4.78, 5) is 0. The molecule has 0 fully saturated rings. The summed E-state index contributed by atoms with van der Waals surface area (Å²) in [5, 5.41) is 8.36. The van der Waals surface area contributed by atoms with Gasteiger partial charge in [0, 0.05) is 7.11 Å². The first-order valence-electron chi connectivity index (χ1n) is 4.54. The Morgan fingerprint density at radius 2 is 1.46 bits per heavy atom. The van der Waals surface area contributed by atoms with Gasteiger partial charge in [-0.05, 0) is 26.7 Å². The summed E-state index contributed by atoms with van der Waals surface area (Å²) >= 11 is 0. The molecule has 0 spiro atoms. The van der Waals surface area contributed by atoms with Gasteiger partial charge in [0.05, 0.1) is 12.2 Å². The normalized spacial score (nSPS) is 12.8. The van der Waals surface area contributed by atoms with E-state index in [1.807, 2.05) is 6.92 Å². The van der Waals surface area contributed by atoms with Gasteiger partial charge in [0.1, 0.15) is 0 Å². The van der Waals surface area contributed by atoms with E-state index in [1.54, 1.807) is 14.0 Å². The number of rotatable bonds is 3. The van der Waals surface area contributed by atoms with Crippen molar-refractivity contribution >= 4 is 0 Å². The Hall–Kier alpha value is -0.480. The molecule has 4 heteroatoms. The Balaban J connectivity index is -0.000000131. The average Bonchev–Trinajstić information content (AvgIpc) is 2.20. The minimum atomic E-state index is -0.116. The van der Waals surface area contributed by atoms with Crippen molar-refractivity contribution in [2.24, 2.45) is 0 Å². The summed E-state index contributed by atoms with van der Waals surface area (Å²) in [7, 11) is 1.73. The fourth-order valence-electron chi connectivity index (χ4n) is 0.167. The van der Waals surface area contributed by atoms with Crippen molar-refractivity contribution in [1.82, 2.24) is 0 Å². The third-order valence-corrected chi connectivity index (χ3v) is 1.57. The topological polar surface area (TPSA) is 77.2 Å². The standard InChI is InChI=1S/C5H12O.C4H10O.H2N2/c1-4-5(2)6-3;1-3-4(2)5;1-2/h5H,4H2,1-3H3;4-5H,3H2,1-2H3;1-2H/t5-;4-;/m11./s1. The predicted octanol–water partition coefficient (Wildman–Crippen LogP) is 2.80. The molecule has 0 aliphatic rings. The van der Waals surface area contributed by atoms with Crippen molar-refractivity contribution in [2.75, 3.05) is 7.11 Å². The number of nitrogens with one attached hydrogen (secondary N) is 2. The van der Waals surface area contributed by atoms with Crippen LogP contribution in [-0.4, -0.2) is 24.4 Å². The van der Waals surface area contributed by atoms with E-state index >= 15 is 0 Å². The summed E-state index contributed by atoms with van der Waals surface area (Å²) in [5.41, 5.74) is 10.0. The molecule has 0 aliphatic heterocycles. The van der Waals surface area contributed by atoms with Gasteiger partial charge in [0.25, 0.3) is 0 Å². The molecule has 0 radical (unpaired) electrons. The minimum absolute atomic E-state index is 0.116. The lowest BCUT2D eigenvalue weighted by Gasteiger charge is -2.01. The molecule has 0 saturated carbocycles. The maximum atomic E-state index is 8.36. The van der Waals surface area contributed by atoms with Gasteiger partial charge in [-0.2, -0.15) is 0 Å². The largest absolute Gasteiger partial charge is 0.393 e. The molecule has 0 aromatic carbocycles. The minimum Gasteiger partial charge on any atom is -0.393 e. The van der Waals surface area contributed by atoms with E-state index in [-0.39, 0.29) is 6.10 Å². The van der Waals surface area contributed by atoms with Crippen LogP contribution in [0.2, 0.25) is 0 Å². The van der Waals surface area contributed by atoms with Crippen LogP contribution < -0.4 is 0 Å². The Bertz CT molecular complexity index is 76.0. The number of methoxy groups -OCH3 is 1. The molecule has 82 valence electrons. The highest BCUT2D eigenvalue weighted by Gasteiger charge is 1.88. The molecule has 0 amide bonds. The molecule has 13 heavy (non-hydrogen) atoms. The third kappa shape index (κ3) is 34.3. The van der Waals surface area contributed by atoms with Crippen LogP contribution in [0.4, 0.5) is 0 Å². The summed E-state index contributed by atoms with van der Waals surface area (Å²) < 4.78 is 4.90. The van der Waals surface area contributed by atoms with Crippen molar-refractivity contribution in [2.45, 2.75) is 52.7 Å². The summed E-state index contributed by atoms with van der Waals surface area (Å²) in [6.45, 7) is 7.89. The van der Waals surface area contributed by atoms with Gasteiger partial charge in [-0.25, -0.2) is 11.1 Å². The number of hydrogen-bond donors (Lipinski definition) is 3. The highest BCUT2D eigenvalue weighted by atomic mass is 16.5. The zero-order valence-electron chi connectivity index (χ0n) is 9.42. The summed E-state index contributed by atoms with van der Waals surface area (Å²) in [6.07, 6.45) is 2.29. The molecular formula is C9H24N2O2. The molecule has 0 rings (SSSR count). The van der Waals surface area contributed by atoms with E-state index in [9.17, 15) is 0 Å². The fourth-order valence-corrected chi connectivity index (χ4v) is 0.167. The van der Waals surface area contributed by atoms with Gasteiger partial charge >= 0.3 is 0 Å². The molecule has 0 aromatic heterocycles. The lowest BCUT2D eigenvalue weighted by atomic mass is 10.3. The molecule has 3 N–H and O–H groups in total. The number of ether oxygens (including phenoxy) is 1. The van der Waals surface area contributed by atoms with Crippen LogP contribution in [0.5, 0.6) is 0 Å². The van der Waals surface area contributed by atoms with Crippen LogP contribution >= 0.6 is 0 Å². The number of aliphatic hydroxyl groups is 1. The highest BCUT2D eigenvalue weighted by molar-refractivity contribution is 4.38. The summed E-state index contributed by atoms with van der Waals surface area (Å²) in [6, 6.07) is 0. The lowest BCUT2D eigenvalue weighted by molar-refractivity contribution is 0.115. The van der Waals surface area contributed by atoms with Crippen molar-refractivity contribution in [3.8, 4) is 0 Å². The zero-order chi connectivity index (χ0) is 11.3. The summed E-state index contributed by atoms with van der Waals surface area (Å²) in [5.74, 6) is 0. The van der Waals surface area contributed by atoms with E-state index in [0.29, 0.717) is 6.10 Å². The number of hydrogen-bond acceptors (Lipinski definition) is 4. The second-order valence-electron chi connectivity index (χ2n) is 2.71. The van der Waals surface area contributed by atoms with Gasteiger partial charge in [0.2, 0.25) is 0 Å². The van der Waals surface area contributed by atoms with Gasteiger partial charge in [0.15, 0.2) is 0 Å². The van der Waals surface area contributed by atoms with Crippen LogP contribution in [0, 0.1) is 11.1 Å². The Labute approximate surface area is 81.6 Å². The lowest BCUT2D eigenvalue weighted by Crippen LogP contribution is -2.00. The second-order valence-corrected chi connectivity index (χ2v) is 2.71. The van der Waals surface area contributed by atoms with Crippen LogP contribution in [0.3, 0.4) is 0 Å². The van der Waals surface area contributed by atoms with E-state index in [1.165, 1.54) is 0 Å². The fraction of sp³-hybridized carbons (Fsp3) is 1.00. The second kappa shape index (κ2) is 17.6. The van der Waals surface area contributed by atoms with E-state index in [4.69, 9.17) is 20.9 Å². The number of aliphatic hydroxyl groups excluding tert-OH is 1. The Morgan fingerprint density at radius 1 is 1.15 bits per heavy atom. The molecular weight excluding hydrogens is 168 g/mol. The molecule has 0 heterocycles. The van der Waals surface area contributed by atoms with E-state index in [2.05, 4.69) is 13.8 Å². The molecule has 0 bridgehead atoms. The maximum absolute atomic E-state index is 8.36.